The number of hydrogen-bond donors (Lipinski definition) is 2. The molecule has 6 nitrogen and oxygen atoms in total. The summed E-state index contributed by atoms with van der Waals surface area (Å²) in [5.41, 5.74) is 6.09. The summed E-state index contributed by atoms with van der Waals surface area (Å²) in [6.45, 7) is 2.16. The van der Waals surface area contributed by atoms with Gasteiger partial charge in [-0.3, -0.25) is 0 Å². The van der Waals surface area contributed by atoms with Gasteiger partial charge in [0.2, 0.25) is 10.0 Å². The molecule has 2 atom stereocenters. The van der Waals surface area contributed by atoms with Crippen LogP contribution in [0, 0.1) is 5.92 Å². The molecule has 1 aromatic carbocycles. The third-order valence-electron chi connectivity index (χ3n) is 3.79. The Balaban J connectivity index is 2.45. The van der Waals surface area contributed by atoms with Crippen molar-refractivity contribution in [3.63, 3.8) is 0 Å². The van der Waals surface area contributed by atoms with Gasteiger partial charge in [0.25, 0.3) is 0 Å². The molecule has 20 heavy (non-hydrogen) atoms. The van der Waals surface area contributed by atoms with Crippen molar-refractivity contribution in [3.8, 4) is 5.75 Å². The van der Waals surface area contributed by atoms with E-state index in [0.717, 1.165) is 6.42 Å². The van der Waals surface area contributed by atoms with E-state index in [1.165, 1.54) is 29.6 Å². The molecule has 3 N–H and O–H groups in total. The molecular formula is C13H20N2O4S. The van der Waals surface area contributed by atoms with Gasteiger partial charge in [0, 0.05) is 18.3 Å². The molecular weight excluding hydrogens is 280 g/mol. The zero-order chi connectivity index (χ0) is 14.9. The highest BCUT2D eigenvalue weighted by Gasteiger charge is 2.40. The number of benzene rings is 1. The van der Waals surface area contributed by atoms with Crippen molar-refractivity contribution in [1.82, 2.24) is 4.31 Å². The SMILES string of the molecule is COc1cc(N)ccc1S(=O)(=O)N1CCC(C)C1CO. The molecule has 0 radical (unpaired) electrons. The second kappa shape index (κ2) is 5.59. The quantitative estimate of drug-likeness (QED) is 0.797. The summed E-state index contributed by atoms with van der Waals surface area (Å²) < 4.78 is 31.9. The molecule has 1 aromatic rings. The molecule has 0 aromatic heterocycles. The number of ether oxygens (including phenoxy) is 1. The minimum Gasteiger partial charge on any atom is -0.495 e. The lowest BCUT2D eigenvalue weighted by Crippen LogP contribution is -2.39. The van der Waals surface area contributed by atoms with E-state index >= 15 is 0 Å². The van der Waals surface area contributed by atoms with Crippen LogP contribution in [0.15, 0.2) is 23.1 Å². The normalized spacial score (nSPS) is 23.9. The van der Waals surface area contributed by atoms with E-state index in [1.807, 2.05) is 6.92 Å². The van der Waals surface area contributed by atoms with Crippen molar-refractivity contribution < 1.29 is 18.3 Å². The van der Waals surface area contributed by atoms with Crippen molar-refractivity contribution in [2.45, 2.75) is 24.3 Å². The molecule has 2 unspecified atom stereocenters. The predicted octanol–water partition coefficient (Wildman–Crippen LogP) is 0.669. The largest absolute Gasteiger partial charge is 0.495 e. The van der Waals surface area contributed by atoms with E-state index < -0.39 is 10.0 Å². The second-order valence-electron chi connectivity index (χ2n) is 5.04. The summed E-state index contributed by atoms with van der Waals surface area (Å²) in [6.07, 6.45) is 0.738. The van der Waals surface area contributed by atoms with Crippen LogP contribution in [0.5, 0.6) is 5.75 Å². The third kappa shape index (κ3) is 2.48. The fourth-order valence-electron chi connectivity index (χ4n) is 2.57. The first-order chi connectivity index (χ1) is 9.41. The Morgan fingerprint density at radius 1 is 1.50 bits per heavy atom. The van der Waals surface area contributed by atoms with Gasteiger partial charge < -0.3 is 15.6 Å². The molecule has 112 valence electrons. The molecule has 1 saturated heterocycles. The zero-order valence-corrected chi connectivity index (χ0v) is 12.4. The van der Waals surface area contributed by atoms with Gasteiger partial charge in [0.1, 0.15) is 10.6 Å². The van der Waals surface area contributed by atoms with Crippen molar-refractivity contribution >= 4 is 15.7 Å². The summed E-state index contributed by atoms with van der Waals surface area (Å²) in [5.74, 6) is 0.357. The summed E-state index contributed by atoms with van der Waals surface area (Å²) in [4.78, 5) is 0.0850. The fraction of sp³-hybridized carbons (Fsp3) is 0.538. The summed E-state index contributed by atoms with van der Waals surface area (Å²) >= 11 is 0. The monoisotopic (exact) mass is 300 g/mol. The Hall–Kier alpha value is -1.31. The van der Waals surface area contributed by atoms with Crippen LogP contribution >= 0.6 is 0 Å². The molecule has 0 spiro atoms. The van der Waals surface area contributed by atoms with Crippen LogP contribution in [0.4, 0.5) is 5.69 Å². The van der Waals surface area contributed by atoms with Crippen LogP contribution in [-0.2, 0) is 10.0 Å². The highest BCUT2D eigenvalue weighted by atomic mass is 32.2. The number of rotatable bonds is 4. The summed E-state index contributed by atoms with van der Waals surface area (Å²) in [6, 6.07) is 4.08. The number of aliphatic hydroxyl groups excluding tert-OH is 1. The molecule has 1 fully saturated rings. The van der Waals surface area contributed by atoms with Crippen LogP contribution in [0.25, 0.3) is 0 Å². The highest BCUT2D eigenvalue weighted by molar-refractivity contribution is 7.89. The van der Waals surface area contributed by atoms with Crippen LogP contribution < -0.4 is 10.5 Å². The first-order valence-electron chi connectivity index (χ1n) is 6.48. The van der Waals surface area contributed by atoms with Gasteiger partial charge in [0.05, 0.1) is 19.8 Å². The van der Waals surface area contributed by atoms with Crippen LogP contribution in [0.1, 0.15) is 13.3 Å². The lowest BCUT2D eigenvalue weighted by Gasteiger charge is -2.25. The van der Waals surface area contributed by atoms with Gasteiger partial charge >= 0.3 is 0 Å². The Labute approximate surface area is 119 Å². The smallest absolute Gasteiger partial charge is 0.247 e. The first-order valence-corrected chi connectivity index (χ1v) is 7.92. The minimum atomic E-state index is -3.70. The van der Waals surface area contributed by atoms with Crippen LogP contribution in [0.3, 0.4) is 0 Å². The lowest BCUT2D eigenvalue weighted by molar-refractivity contribution is 0.191. The zero-order valence-electron chi connectivity index (χ0n) is 11.6. The number of aliphatic hydroxyl groups is 1. The van der Waals surface area contributed by atoms with E-state index in [2.05, 4.69) is 0 Å². The highest BCUT2D eigenvalue weighted by Crippen LogP contribution is 2.34. The molecule has 0 aliphatic carbocycles. The van der Waals surface area contributed by atoms with Crippen LogP contribution in [0.2, 0.25) is 0 Å². The van der Waals surface area contributed by atoms with E-state index in [9.17, 15) is 13.5 Å². The second-order valence-corrected chi connectivity index (χ2v) is 6.90. The molecule has 0 saturated carbocycles. The van der Waals surface area contributed by atoms with Gasteiger partial charge in [-0.25, -0.2) is 8.42 Å². The van der Waals surface area contributed by atoms with E-state index in [0.29, 0.717) is 12.2 Å². The average Bonchev–Trinajstić information content (AvgIpc) is 2.79. The maximum Gasteiger partial charge on any atom is 0.247 e. The molecule has 0 amide bonds. The Bertz CT molecular complexity index is 588. The van der Waals surface area contributed by atoms with Gasteiger partial charge in [-0.15, -0.1) is 0 Å². The van der Waals surface area contributed by atoms with Gasteiger partial charge in [0.15, 0.2) is 0 Å². The number of anilines is 1. The standard InChI is InChI=1S/C13H20N2O4S/c1-9-5-6-15(11(9)8-16)20(17,18)13-4-3-10(14)7-12(13)19-2/h3-4,7,9,11,16H,5-6,8,14H2,1-2H3. The van der Waals surface area contributed by atoms with Crippen LogP contribution in [-0.4, -0.2) is 44.1 Å². The maximum atomic E-state index is 12.7. The average molecular weight is 300 g/mol. The summed E-state index contributed by atoms with van der Waals surface area (Å²) in [5, 5.41) is 9.43. The topological polar surface area (TPSA) is 92.9 Å². The Morgan fingerprint density at radius 2 is 2.20 bits per heavy atom. The minimum absolute atomic E-state index is 0.0850. The van der Waals surface area contributed by atoms with Crippen molar-refractivity contribution in [2.75, 3.05) is 26.0 Å². The Morgan fingerprint density at radius 3 is 2.80 bits per heavy atom. The number of methoxy groups -OCH3 is 1. The lowest BCUT2D eigenvalue weighted by atomic mass is 10.0. The predicted molar refractivity (Wildman–Crippen MR) is 76.0 cm³/mol. The number of nitrogens with zero attached hydrogens (tertiary/aromatic N) is 1. The molecule has 7 heteroatoms. The number of nitrogens with two attached hydrogens (primary N) is 1. The van der Waals surface area contributed by atoms with Crippen molar-refractivity contribution in [2.24, 2.45) is 5.92 Å². The van der Waals surface area contributed by atoms with Gasteiger partial charge in [-0.1, -0.05) is 6.92 Å². The van der Waals surface area contributed by atoms with E-state index in [-0.39, 0.29) is 29.2 Å². The van der Waals surface area contributed by atoms with E-state index in [1.54, 1.807) is 0 Å². The van der Waals surface area contributed by atoms with E-state index in [4.69, 9.17) is 10.5 Å². The maximum absolute atomic E-state index is 12.7. The van der Waals surface area contributed by atoms with Gasteiger partial charge in [-0.2, -0.15) is 4.31 Å². The Kier molecular flexibility index (Phi) is 4.22. The summed E-state index contributed by atoms with van der Waals surface area (Å²) in [7, 11) is -2.29. The molecule has 0 bridgehead atoms. The molecule has 1 heterocycles. The number of sulfonamides is 1. The number of hydrogen-bond acceptors (Lipinski definition) is 5. The first kappa shape index (κ1) is 15.1. The number of nitrogen functional groups attached to an aromatic ring is 1. The van der Waals surface area contributed by atoms with Crippen molar-refractivity contribution in [1.29, 1.82) is 0 Å². The molecule has 2 rings (SSSR count). The fourth-order valence-corrected chi connectivity index (χ4v) is 4.43. The van der Waals surface area contributed by atoms with Gasteiger partial charge in [-0.05, 0) is 24.5 Å². The molecule has 1 aliphatic heterocycles. The van der Waals surface area contributed by atoms with Crippen molar-refractivity contribution in [3.05, 3.63) is 18.2 Å². The third-order valence-corrected chi connectivity index (χ3v) is 5.76. The molecule has 1 aliphatic rings.